The van der Waals surface area contributed by atoms with Gasteiger partial charge in [0.05, 0.1) is 5.69 Å². The molecule has 3 heteroatoms. The van der Waals surface area contributed by atoms with Gasteiger partial charge in [-0.3, -0.25) is 9.97 Å². The number of aromatic nitrogens is 2. The van der Waals surface area contributed by atoms with Crippen molar-refractivity contribution in [2.24, 2.45) is 0 Å². The van der Waals surface area contributed by atoms with Crippen LogP contribution < -0.4 is 0 Å². The molecule has 9 rings (SSSR count). The van der Waals surface area contributed by atoms with Crippen molar-refractivity contribution >= 4 is 54.3 Å². The van der Waals surface area contributed by atoms with Crippen molar-refractivity contribution in [3.05, 3.63) is 146 Å². The molecule has 200 valence electrons. The maximum absolute atomic E-state index is 6.79. The van der Waals surface area contributed by atoms with Gasteiger partial charge in [-0.15, -0.1) is 0 Å². The molecule has 0 aliphatic carbocycles. The SMILES string of the molecule is c1ccc(-c2cc(-c3cccnc3)cc(-c3cc4c5ccccc5c5ccccc5c4c4oc5ccccc5c34)c2)nc1. The Labute approximate surface area is 247 Å². The maximum atomic E-state index is 6.79. The Hall–Kier alpha value is -5.80. The molecule has 6 aromatic carbocycles. The van der Waals surface area contributed by atoms with Gasteiger partial charge in [-0.25, -0.2) is 0 Å². The number of para-hydroxylation sites is 1. The average molecular weight is 549 g/mol. The van der Waals surface area contributed by atoms with E-state index < -0.39 is 0 Å². The molecule has 0 aliphatic heterocycles. The number of rotatable bonds is 3. The van der Waals surface area contributed by atoms with E-state index in [0.717, 1.165) is 60.8 Å². The summed E-state index contributed by atoms with van der Waals surface area (Å²) in [5.41, 5.74) is 8.19. The van der Waals surface area contributed by atoms with Crippen LogP contribution in [0.1, 0.15) is 0 Å². The van der Waals surface area contributed by atoms with Gasteiger partial charge in [-0.1, -0.05) is 78.9 Å². The van der Waals surface area contributed by atoms with Crippen LogP contribution in [0.2, 0.25) is 0 Å². The van der Waals surface area contributed by atoms with Crippen LogP contribution in [-0.2, 0) is 0 Å². The highest BCUT2D eigenvalue weighted by molar-refractivity contribution is 6.34. The average Bonchev–Trinajstić information content (AvgIpc) is 3.48. The van der Waals surface area contributed by atoms with Crippen LogP contribution in [0.25, 0.3) is 87.8 Å². The van der Waals surface area contributed by atoms with Crippen LogP contribution in [-0.4, -0.2) is 9.97 Å². The fourth-order valence-electron chi connectivity index (χ4n) is 6.66. The van der Waals surface area contributed by atoms with E-state index in [0.29, 0.717) is 0 Å². The second kappa shape index (κ2) is 9.37. The number of nitrogens with zero attached hydrogens (tertiary/aromatic N) is 2. The third kappa shape index (κ3) is 3.68. The Morgan fingerprint density at radius 1 is 0.442 bits per heavy atom. The molecule has 3 heterocycles. The van der Waals surface area contributed by atoms with Gasteiger partial charge in [0.25, 0.3) is 0 Å². The Morgan fingerprint density at radius 3 is 1.88 bits per heavy atom. The topological polar surface area (TPSA) is 38.9 Å². The number of furan rings is 1. The Bertz CT molecular complexity index is 2440. The van der Waals surface area contributed by atoms with Gasteiger partial charge in [-0.05, 0) is 92.2 Å². The number of pyridine rings is 2. The lowest BCUT2D eigenvalue weighted by Crippen LogP contribution is -1.90. The summed E-state index contributed by atoms with van der Waals surface area (Å²) >= 11 is 0. The molecule has 43 heavy (non-hydrogen) atoms. The third-order valence-corrected chi connectivity index (χ3v) is 8.55. The summed E-state index contributed by atoms with van der Waals surface area (Å²) in [5.74, 6) is 0. The van der Waals surface area contributed by atoms with Crippen LogP contribution >= 0.6 is 0 Å². The zero-order chi connectivity index (χ0) is 28.3. The zero-order valence-corrected chi connectivity index (χ0v) is 23.2. The first-order valence-electron chi connectivity index (χ1n) is 14.5. The van der Waals surface area contributed by atoms with Crippen LogP contribution in [0.4, 0.5) is 0 Å². The van der Waals surface area contributed by atoms with E-state index in [9.17, 15) is 0 Å². The van der Waals surface area contributed by atoms with E-state index in [1.54, 1.807) is 0 Å². The molecule has 0 bridgehead atoms. The lowest BCUT2D eigenvalue weighted by atomic mass is 9.88. The van der Waals surface area contributed by atoms with E-state index in [1.807, 2.05) is 42.9 Å². The van der Waals surface area contributed by atoms with E-state index in [-0.39, 0.29) is 0 Å². The standard InChI is InChI=1S/C40H24N2O/c1-2-13-31-29(11-1)30-12-3-4-14-32(30)38-35(31)23-34(39-33-15-5-6-17-37(33)43-40(38)39)27-20-26(25-10-9-18-41-24-25)21-28(22-27)36-16-7-8-19-42-36/h1-24H. The lowest BCUT2D eigenvalue weighted by Gasteiger charge is -2.15. The minimum absolute atomic E-state index is 0.886. The molecule has 3 aromatic heterocycles. The monoisotopic (exact) mass is 548 g/mol. The molecular weight excluding hydrogens is 524 g/mol. The molecule has 0 aliphatic rings. The summed E-state index contributed by atoms with van der Waals surface area (Å²) in [4.78, 5) is 9.13. The van der Waals surface area contributed by atoms with Gasteiger partial charge >= 0.3 is 0 Å². The summed E-state index contributed by atoms with van der Waals surface area (Å²) in [6.45, 7) is 0. The number of hydrogen-bond acceptors (Lipinski definition) is 3. The highest BCUT2D eigenvalue weighted by atomic mass is 16.3. The zero-order valence-electron chi connectivity index (χ0n) is 23.2. The molecule has 3 nitrogen and oxygen atoms in total. The fraction of sp³-hybridized carbons (Fsp3) is 0. The molecule has 0 atom stereocenters. The lowest BCUT2D eigenvalue weighted by molar-refractivity contribution is 0.673. The second-order valence-corrected chi connectivity index (χ2v) is 11.0. The summed E-state index contributed by atoms with van der Waals surface area (Å²) < 4.78 is 6.79. The van der Waals surface area contributed by atoms with Crippen LogP contribution in [0, 0.1) is 0 Å². The van der Waals surface area contributed by atoms with E-state index in [1.165, 1.54) is 26.9 Å². The minimum Gasteiger partial charge on any atom is -0.455 e. The van der Waals surface area contributed by atoms with Crippen molar-refractivity contribution in [1.29, 1.82) is 0 Å². The number of hydrogen-bond donors (Lipinski definition) is 0. The summed E-state index contributed by atoms with van der Waals surface area (Å²) in [5, 5.41) is 9.45. The van der Waals surface area contributed by atoms with Gasteiger partial charge in [-0.2, -0.15) is 0 Å². The van der Waals surface area contributed by atoms with Crippen molar-refractivity contribution in [2.45, 2.75) is 0 Å². The Morgan fingerprint density at radius 2 is 1.12 bits per heavy atom. The van der Waals surface area contributed by atoms with Crippen LogP contribution in [0.3, 0.4) is 0 Å². The minimum atomic E-state index is 0.886. The summed E-state index contributed by atoms with van der Waals surface area (Å²) in [6.07, 6.45) is 5.58. The van der Waals surface area contributed by atoms with Gasteiger partial charge < -0.3 is 4.42 Å². The first-order valence-corrected chi connectivity index (χ1v) is 14.5. The van der Waals surface area contributed by atoms with Crippen LogP contribution in [0.15, 0.2) is 150 Å². The van der Waals surface area contributed by atoms with Crippen molar-refractivity contribution in [2.75, 3.05) is 0 Å². The fourth-order valence-corrected chi connectivity index (χ4v) is 6.66. The van der Waals surface area contributed by atoms with Crippen molar-refractivity contribution < 1.29 is 4.42 Å². The highest BCUT2D eigenvalue weighted by Crippen LogP contribution is 2.47. The first-order chi connectivity index (χ1) is 21.3. The first kappa shape index (κ1) is 23.9. The maximum Gasteiger partial charge on any atom is 0.144 e. The third-order valence-electron chi connectivity index (χ3n) is 8.55. The second-order valence-electron chi connectivity index (χ2n) is 11.0. The Kier molecular flexibility index (Phi) is 5.20. The summed E-state index contributed by atoms with van der Waals surface area (Å²) in [6, 6.07) is 45.0. The van der Waals surface area contributed by atoms with Gasteiger partial charge in [0, 0.05) is 45.9 Å². The van der Waals surface area contributed by atoms with Crippen molar-refractivity contribution in [1.82, 2.24) is 9.97 Å². The molecule has 0 amide bonds. The highest BCUT2D eigenvalue weighted by Gasteiger charge is 2.21. The number of fused-ring (bicyclic) bond motifs is 10. The number of benzene rings is 6. The molecule has 0 saturated carbocycles. The predicted octanol–water partition coefficient (Wildman–Crippen LogP) is 10.8. The quantitative estimate of drug-likeness (QED) is 0.206. The van der Waals surface area contributed by atoms with Crippen molar-refractivity contribution in [3.63, 3.8) is 0 Å². The molecule has 0 N–H and O–H groups in total. The molecule has 9 aromatic rings. The van der Waals surface area contributed by atoms with Gasteiger partial charge in [0.2, 0.25) is 0 Å². The predicted molar refractivity (Wildman–Crippen MR) is 178 cm³/mol. The largest absolute Gasteiger partial charge is 0.455 e. The molecule has 0 saturated heterocycles. The molecular formula is C40H24N2O. The van der Waals surface area contributed by atoms with Crippen LogP contribution in [0.5, 0.6) is 0 Å². The molecule has 0 fully saturated rings. The molecule has 0 radical (unpaired) electrons. The molecule has 0 spiro atoms. The smallest absolute Gasteiger partial charge is 0.144 e. The van der Waals surface area contributed by atoms with Crippen molar-refractivity contribution in [3.8, 4) is 33.5 Å². The Balaban J connectivity index is 1.48. The van der Waals surface area contributed by atoms with Gasteiger partial charge in [0.15, 0.2) is 0 Å². The molecule has 0 unspecified atom stereocenters. The van der Waals surface area contributed by atoms with E-state index in [4.69, 9.17) is 9.40 Å². The van der Waals surface area contributed by atoms with Gasteiger partial charge in [0.1, 0.15) is 11.2 Å². The van der Waals surface area contributed by atoms with E-state index in [2.05, 4.69) is 108 Å². The normalized spacial score (nSPS) is 11.7. The van der Waals surface area contributed by atoms with E-state index >= 15 is 0 Å². The summed E-state index contributed by atoms with van der Waals surface area (Å²) in [7, 11) is 0.